The standard InChI is InChI=1S/C8H7NO4/c10-5-3-9-6(8(11)12)7-4(5)1-2-13-7/h1-2,6,9H,3H2,(H,11,12). The molecule has 1 aromatic heterocycles. The third-order valence-corrected chi connectivity index (χ3v) is 1.97. The number of Topliss-reactive ketones (excluding diaryl/α,β-unsaturated/α-hetero) is 1. The minimum absolute atomic E-state index is 0.0451. The molecule has 0 spiro atoms. The Morgan fingerprint density at radius 3 is 3.15 bits per heavy atom. The Balaban J connectivity index is 2.46. The Morgan fingerprint density at radius 1 is 1.69 bits per heavy atom. The van der Waals surface area contributed by atoms with Crippen LogP contribution in [0.25, 0.3) is 0 Å². The number of nitrogens with one attached hydrogen (secondary N) is 1. The van der Waals surface area contributed by atoms with Gasteiger partial charge in [0.25, 0.3) is 0 Å². The van der Waals surface area contributed by atoms with Crippen LogP contribution in [0, 0.1) is 0 Å². The molecule has 0 amide bonds. The zero-order valence-electron chi connectivity index (χ0n) is 6.61. The molecular formula is C8H7NO4. The second-order valence-electron chi connectivity index (χ2n) is 2.77. The van der Waals surface area contributed by atoms with Gasteiger partial charge in [-0.05, 0) is 6.07 Å². The van der Waals surface area contributed by atoms with Crippen molar-refractivity contribution in [2.45, 2.75) is 6.04 Å². The number of carbonyl (C=O) groups excluding carboxylic acids is 1. The number of hydrogen-bond donors (Lipinski definition) is 2. The lowest BCUT2D eigenvalue weighted by atomic mass is 10.0. The van der Waals surface area contributed by atoms with Crippen molar-refractivity contribution in [3.8, 4) is 0 Å². The van der Waals surface area contributed by atoms with Crippen LogP contribution in [0.5, 0.6) is 0 Å². The largest absolute Gasteiger partial charge is 0.480 e. The van der Waals surface area contributed by atoms with E-state index < -0.39 is 12.0 Å². The van der Waals surface area contributed by atoms with Crippen LogP contribution < -0.4 is 5.32 Å². The highest BCUT2D eigenvalue weighted by Gasteiger charge is 2.32. The molecule has 1 aliphatic heterocycles. The Bertz CT molecular complexity index is 368. The van der Waals surface area contributed by atoms with Crippen LogP contribution in [0.3, 0.4) is 0 Å². The van der Waals surface area contributed by atoms with Gasteiger partial charge in [0.1, 0.15) is 5.76 Å². The predicted octanol–water partition coefficient (Wildman–Crippen LogP) is 0.191. The van der Waals surface area contributed by atoms with Crippen LogP contribution in [0.15, 0.2) is 16.7 Å². The first-order valence-electron chi connectivity index (χ1n) is 3.77. The molecule has 0 bridgehead atoms. The van der Waals surface area contributed by atoms with E-state index in [0.29, 0.717) is 5.56 Å². The summed E-state index contributed by atoms with van der Waals surface area (Å²) in [5.74, 6) is -0.978. The summed E-state index contributed by atoms with van der Waals surface area (Å²) in [5.41, 5.74) is 0.367. The molecule has 0 saturated heterocycles. The number of rotatable bonds is 1. The van der Waals surface area contributed by atoms with E-state index in [2.05, 4.69) is 5.32 Å². The summed E-state index contributed by atoms with van der Waals surface area (Å²) in [6.07, 6.45) is 1.32. The lowest BCUT2D eigenvalue weighted by Gasteiger charge is -2.17. The summed E-state index contributed by atoms with van der Waals surface area (Å²) < 4.78 is 4.94. The van der Waals surface area contributed by atoms with Crippen LogP contribution >= 0.6 is 0 Å². The molecule has 0 radical (unpaired) electrons. The summed E-state index contributed by atoms with van der Waals surface area (Å²) >= 11 is 0. The van der Waals surface area contributed by atoms with Crippen molar-refractivity contribution in [2.24, 2.45) is 0 Å². The fourth-order valence-corrected chi connectivity index (χ4v) is 1.36. The van der Waals surface area contributed by atoms with Crippen LogP contribution in [0.2, 0.25) is 0 Å². The van der Waals surface area contributed by atoms with Crippen LogP contribution in [0.1, 0.15) is 22.2 Å². The van der Waals surface area contributed by atoms with E-state index in [4.69, 9.17) is 9.52 Å². The summed E-state index contributed by atoms with van der Waals surface area (Å²) in [7, 11) is 0. The van der Waals surface area contributed by atoms with E-state index in [1.165, 1.54) is 12.3 Å². The molecule has 13 heavy (non-hydrogen) atoms. The van der Waals surface area contributed by atoms with Crippen molar-refractivity contribution >= 4 is 11.8 Å². The Morgan fingerprint density at radius 2 is 2.46 bits per heavy atom. The van der Waals surface area contributed by atoms with Gasteiger partial charge in [-0.25, -0.2) is 0 Å². The van der Waals surface area contributed by atoms with Gasteiger partial charge in [0.05, 0.1) is 18.4 Å². The van der Waals surface area contributed by atoms with Crippen LogP contribution in [-0.4, -0.2) is 23.4 Å². The molecule has 0 saturated carbocycles. The van der Waals surface area contributed by atoms with E-state index >= 15 is 0 Å². The monoisotopic (exact) mass is 181 g/mol. The highest BCUT2D eigenvalue weighted by atomic mass is 16.4. The highest BCUT2D eigenvalue weighted by molar-refractivity contribution is 6.01. The van der Waals surface area contributed by atoms with Gasteiger partial charge in [0.2, 0.25) is 0 Å². The summed E-state index contributed by atoms with van der Waals surface area (Å²) in [4.78, 5) is 21.9. The fraction of sp³-hybridized carbons (Fsp3) is 0.250. The SMILES string of the molecule is O=C1CNC(C(=O)O)c2occc21. The second-order valence-corrected chi connectivity index (χ2v) is 2.77. The van der Waals surface area contributed by atoms with Crippen molar-refractivity contribution in [1.29, 1.82) is 0 Å². The molecular weight excluding hydrogens is 174 g/mol. The van der Waals surface area contributed by atoms with Gasteiger partial charge in [-0.3, -0.25) is 14.9 Å². The third-order valence-electron chi connectivity index (χ3n) is 1.97. The van der Waals surface area contributed by atoms with E-state index in [1.54, 1.807) is 0 Å². The molecule has 0 fully saturated rings. The third kappa shape index (κ3) is 1.13. The van der Waals surface area contributed by atoms with Crippen molar-refractivity contribution < 1.29 is 19.1 Å². The van der Waals surface area contributed by atoms with Gasteiger partial charge in [-0.15, -0.1) is 0 Å². The summed E-state index contributed by atoms with van der Waals surface area (Å²) in [5, 5.41) is 11.3. The fourth-order valence-electron chi connectivity index (χ4n) is 1.36. The number of furan rings is 1. The van der Waals surface area contributed by atoms with E-state index in [-0.39, 0.29) is 18.1 Å². The molecule has 1 aliphatic rings. The topological polar surface area (TPSA) is 79.5 Å². The van der Waals surface area contributed by atoms with Gasteiger partial charge in [0, 0.05) is 0 Å². The number of fused-ring (bicyclic) bond motifs is 1. The molecule has 5 heteroatoms. The normalized spacial score (nSPS) is 21.2. The Kier molecular flexibility index (Phi) is 1.66. The van der Waals surface area contributed by atoms with Gasteiger partial charge in [0.15, 0.2) is 11.8 Å². The first-order valence-corrected chi connectivity index (χ1v) is 3.77. The second kappa shape index (κ2) is 2.70. The molecule has 2 heterocycles. The first-order chi connectivity index (χ1) is 6.20. The smallest absolute Gasteiger partial charge is 0.328 e. The molecule has 1 unspecified atom stereocenters. The predicted molar refractivity (Wildman–Crippen MR) is 41.4 cm³/mol. The zero-order chi connectivity index (χ0) is 9.42. The number of ketones is 1. The lowest BCUT2D eigenvalue weighted by Crippen LogP contribution is -2.37. The Hall–Kier alpha value is -1.62. The van der Waals surface area contributed by atoms with Gasteiger partial charge in [-0.2, -0.15) is 0 Å². The van der Waals surface area contributed by atoms with Gasteiger partial charge < -0.3 is 9.52 Å². The highest BCUT2D eigenvalue weighted by Crippen LogP contribution is 2.23. The summed E-state index contributed by atoms with van der Waals surface area (Å²) in [6.45, 7) is 0.0451. The molecule has 2 rings (SSSR count). The number of carboxylic acid groups (broad SMARTS) is 1. The van der Waals surface area contributed by atoms with Crippen LogP contribution in [0.4, 0.5) is 0 Å². The van der Waals surface area contributed by atoms with Crippen molar-refractivity contribution in [3.63, 3.8) is 0 Å². The Labute approximate surface area is 73.3 Å². The summed E-state index contributed by atoms with van der Waals surface area (Å²) in [6, 6.07) is 0.594. The van der Waals surface area contributed by atoms with Gasteiger partial charge >= 0.3 is 5.97 Å². The van der Waals surface area contributed by atoms with E-state index in [9.17, 15) is 9.59 Å². The zero-order valence-corrected chi connectivity index (χ0v) is 6.61. The molecule has 0 aliphatic carbocycles. The van der Waals surface area contributed by atoms with Crippen molar-refractivity contribution in [3.05, 3.63) is 23.7 Å². The van der Waals surface area contributed by atoms with Crippen molar-refractivity contribution in [1.82, 2.24) is 5.32 Å². The quantitative estimate of drug-likeness (QED) is 0.646. The number of carbonyl (C=O) groups is 2. The first kappa shape index (κ1) is 8.00. The molecule has 2 N–H and O–H groups in total. The number of aliphatic carboxylic acids is 1. The maximum absolute atomic E-state index is 11.2. The maximum atomic E-state index is 11.2. The van der Waals surface area contributed by atoms with Crippen LogP contribution in [-0.2, 0) is 4.79 Å². The minimum Gasteiger partial charge on any atom is -0.480 e. The van der Waals surface area contributed by atoms with E-state index in [1.807, 2.05) is 0 Å². The molecule has 0 aromatic carbocycles. The van der Waals surface area contributed by atoms with Gasteiger partial charge in [-0.1, -0.05) is 0 Å². The number of hydrogen-bond acceptors (Lipinski definition) is 4. The molecule has 1 atom stereocenters. The van der Waals surface area contributed by atoms with E-state index in [0.717, 1.165) is 0 Å². The number of carboxylic acids is 1. The molecule has 68 valence electrons. The average molecular weight is 181 g/mol. The van der Waals surface area contributed by atoms with Crippen molar-refractivity contribution in [2.75, 3.05) is 6.54 Å². The average Bonchev–Trinajstić information content (AvgIpc) is 2.53. The lowest BCUT2D eigenvalue weighted by molar-refractivity contribution is -0.140. The molecule has 5 nitrogen and oxygen atoms in total. The molecule has 1 aromatic rings. The minimum atomic E-state index is -1.04. The maximum Gasteiger partial charge on any atom is 0.328 e.